The Hall–Kier alpha value is -2.80. The number of amides is 1. The molecule has 1 amide bonds. The molecule has 2 aromatic carbocycles. The van der Waals surface area contributed by atoms with E-state index in [1.54, 1.807) is 12.1 Å². The van der Waals surface area contributed by atoms with Gasteiger partial charge in [0.15, 0.2) is 4.80 Å². The molecule has 1 aromatic heterocycles. The van der Waals surface area contributed by atoms with Gasteiger partial charge < -0.3 is 4.57 Å². The first kappa shape index (κ1) is 18.6. The molecule has 1 heterocycles. The van der Waals surface area contributed by atoms with Crippen LogP contribution in [0.2, 0.25) is 0 Å². The summed E-state index contributed by atoms with van der Waals surface area (Å²) in [6.45, 7) is 2.76. The number of aromatic nitrogens is 1. The third-order valence-corrected chi connectivity index (χ3v) is 6.16. The molecule has 4 rings (SSSR count). The number of aryl methyl sites for hydroxylation is 3. The molecule has 0 saturated carbocycles. The number of thiazole rings is 1. The van der Waals surface area contributed by atoms with Crippen LogP contribution in [0.3, 0.4) is 0 Å². The molecule has 1 aliphatic carbocycles. The van der Waals surface area contributed by atoms with Crippen LogP contribution in [0, 0.1) is 10.1 Å². The standard InChI is InChI=1S/C21H21N3O3S/c1-2-11-23-18-10-9-17(24(26)27)13-19(18)28-21(23)22-20(25)16-8-7-14-5-3-4-6-15(14)12-16/h7-10,12-13H,2-6,11H2,1H3. The van der Waals surface area contributed by atoms with Crippen molar-refractivity contribution in [3.63, 3.8) is 0 Å². The zero-order valence-corrected chi connectivity index (χ0v) is 16.5. The molecule has 0 bridgehead atoms. The van der Waals surface area contributed by atoms with Gasteiger partial charge >= 0.3 is 0 Å². The number of non-ortho nitro benzene ring substituents is 1. The number of hydrogen-bond donors (Lipinski definition) is 0. The Morgan fingerprint density at radius 2 is 1.96 bits per heavy atom. The lowest BCUT2D eigenvalue weighted by molar-refractivity contribution is -0.384. The molecule has 6 nitrogen and oxygen atoms in total. The van der Waals surface area contributed by atoms with E-state index in [9.17, 15) is 14.9 Å². The van der Waals surface area contributed by atoms with Crippen molar-refractivity contribution < 1.29 is 9.72 Å². The molecule has 0 fully saturated rings. The molecule has 3 aromatic rings. The molecule has 0 unspecified atom stereocenters. The highest BCUT2D eigenvalue weighted by Crippen LogP contribution is 2.24. The monoisotopic (exact) mass is 395 g/mol. The highest BCUT2D eigenvalue weighted by molar-refractivity contribution is 7.16. The van der Waals surface area contributed by atoms with Crippen molar-refractivity contribution >= 4 is 33.1 Å². The quantitative estimate of drug-likeness (QED) is 0.477. The van der Waals surface area contributed by atoms with Gasteiger partial charge in [-0.2, -0.15) is 4.99 Å². The first-order chi connectivity index (χ1) is 13.6. The van der Waals surface area contributed by atoms with Crippen LogP contribution in [0.4, 0.5) is 5.69 Å². The molecule has 0 atom stereocenters. The molecule has 144 valence electrons. The van der Waals surface area contributed by atoms with E-state index in [1.807, 2.05) is 22.8 Å². The van der Waals surface area contributed by atoms with E-state index in [-0.39, 0.29) is 11.6 Å². The predicted molar refractivity (Wildman–Crippen MR) is 110 cm³/mol. The lowest BCUT2D eigenvalue weighted by Gasteiger charge is -2.15. The number of benzene rings is 2. The number of carbonyl (C=O) groups excluding carboxylic acids is 1. The Bertz CT molecular complexity index is 1140. The average Bonchev–Trinajstić information content (AvgIpc) is 3.04. The zero-order chi connectivity index (χ0) is 19.7. The maximum absolute atomic E-state index is 12.8. The molecule has 28 heavy (non-hydrogen) atoms. The predicted octanol–water partition coefficient (Wildman–Crippen LogP) is 4.64. The summed E-state index contributed by atoms with van der Waals surface area (Å²) in [5, 5.41) is 11.1. The van der Waals surface area contributed by atoms with E-state index < -0.39 is 4.92 Å². The van der Waals surface area contributed by atoms with E-state index in [2.05, 4.69) is 11.9 Å². The third kappa shape index (κ3) is 3.49. The Morgan fingerprint density at radius 3 is 2.71 bits per heavy atom. The lowest BCUT2D eigenvalue weighted by Crippen LogP contribution is -2.17. The van der Waals surface area contributed by atoms with Gasteiger partial charge in [-0.3, -0.25) is 14.9 Å². The number of fused-ring (bicyclic) bond motifs is 2. The fourth-order valence-corrected chi connectivity index (χ4v) is 4.81. The Morgan fingerprint density at radius 1 is 1.18 bits per heavy atom. The number of rotatable bonds is 4. The summed E-state index contributed by atoms with van der Waals surface area (Å²) in [4.78, 5) is 28.5. The fourth-order valence-electron chi connectivity index (χ4n) is 3.72. The highest BCUT2D eigenvalue weighted by atomic mass is 32.1. The van der Waals surface area contributed by atoms with Crippen LogP contribution < -0.4 is 4.80 Å². The summed E-state index contributed by atoms with van der Waals surface area (Å²) >= 11 is 1.32. The fraction of sp³-hybridized carbons (Fsp3) is 0.333. The number of nitrogens with zero attached hydrogens (tertiary/aromatic N) is 3. The average molecular weight is 395 g/mol. The van der Waals surface area contributed by atoms with Crippen molar-refractivity contribution in [3.8, 4) is 0 Å². The van der Waals surface area contributed by atoms with Crippen molar-refractivity contribution in [2.45, 2.75) is 45.6 Å². The first-order valence-corrected chi connectivity index (χ1v) is 10.4. The topological polar surface area (TPSA) is 77.5 Å². The number of hydrogen-bond acceptors (Lipinski definition) is 4. The largest absolute Gasteiger partial charge is 0.316 e. The van der Waals surface area contributed by atoms with Crippen LogP contribution in [-0.4, -0.2) is 15.4 Å². The van der Waals surface area contributed by atoms with E-state index in [1.165, 1.54) is 35.0 Å². The van der Waals surface area contributed by atoms with Crippen LogP contribution in [0.1, 0.15) is 47.7 Å². The zero-order valence-electron chi connectivity index (χ0n) is 15.7. The van der Waals surface area contributed by atoms with Gasteiger partial charge in [-0.15, -0.1) is 0 Å². The Kier molecular flexibility index (Phi) is 5.09. The van der Waals surface area contributed by atoms with E-state index in [4.69, 9.17) is 0 Å². The van der Waals surface area contributed by atoms with Gasteiger partial charge in [0, 0.05) is 24.2 Å². The van der Waals surface area contributed by atoms with Crippen LogP contribution in [0.25, 0.3) is 10.2 Å². The van der Waals surface area contributed by atoms with Crippen LogP contribution in [0.15, 0.2) is 41.4 Å². The van der Waals surface area contributed by atoms with Crippen molar-refractivity contribution in [3.05, 3.63) is 68.0 Å². The molecule has 0 saturated heterocycles. The lowest BCUT2D eigenvalue weighted by atomic mass is 9.90. The van der Waals surface area contributed by atoms with Gasteiger partial charge in [0.25, 0.3) is 11.6 Å². The molecule has 7 heteroatoms. The van der Waals surface area contributed by atoms with Crippen molar-refractivity contribution in [1.82, 2.24) is 4.57 Å². The summed E-state index contributed by atoms with van der Waals surface area (Å²) in [6, 6.07) is 10.7. The normalized spacial score (nSPS) is 14.2. The summed E-state index contributed by atoms with van der Waals surface area (Å²) < 4.78 is 2.74. The molecular weight excluding hydrogens is 374 g/mol. The van der Waals surface area contributed by atoms with Crippen molar-refractivity contribution in [2.24, 2.45) is 4.99 Å². The molecular formula is C21H21N3O3S. The number of nitro benzene ring substituents is 1. The maximum Gasteiger partial charge on any atom is 0.279 e. The van der Waals surface area contributed by atoms with Gasteiger partial charge in [0.2, 0.25) is 0 Å². The SMILES string of the molecule is CCCn1c(=NC(=O)c2ccc3c(c2)CCCC3)sc2cc([N+](=O)[O-])ccc21. The molecule has 0 spiro atoms. The molecule has 1 aliphatic rings. The second-order valence-electron chi connectivity index (χ2n) is 7.05. The Balaban J connectivity index is 1.78. The van der Waals surface area contributed by atoms with Gasteiger partial charge in [0.05, 0.1) is 15.1 Å². The summed E-state index contributed by atoms with van der Waals surface area (Å²) in [6.07, 6.45) is 5.33. The minimum atomic E-state index is -0.404. The van der Waals surface area contributed by atoms with Crippen LogP contribution in [0.5, 0.6) is 0 Å². The summed E-state index contributed by atoms with van der Waals surface area (Å²) in [5.74, 6) is -0.265. The highest BCUT2D eigenvalue weighted by Gasteiger charge is 2.15. The smallest absolute Gasteiger partial charge is 0.279 e. The van der Waals surface area contributed by atoms with Crippen molar-refractivity contribution in [1.29, 1.82) is 0 Å². The third-order valence-electron chi connectivity index (χ3n) is 5.12. The summed E-state index contributed by atoms with van der Waals surface area (Å²) in [7, 11) is 0. The van der Waals surface area contributed by atoms with Gasteiger partial charge in [-0.1, -0.05) is 24.3 Å². The number of carbonyl (C=O) groups is 1. The number of nitro groups is 1. The van der Waals surface area contributed by atoms with Gasteiger partial charge in [-0.25, -0.2) is 0 Å². The van der Waals surface area contributed by atoms with Gasteiger partial charge in [-0.05, 0) is 61.4 Å². The van der Waals surface area contributed by atoms with Gasteiger partial charge in [0.1, 0.15) is 0 Å². The van der Waals surface area contributed by atoms with E-state index >= 15 is 0 Å². The van der Waals surface area contributed by atoms with Crippen molar-refractivity contribution in [2.75, 3.05) is 0 Å². The minimum Gasteiger partial charge on any atom is -0.316 e. The first-order valence-electron chi connectivity index (χ1n) is 9.55. The summed E-state index contributed by atoms with van der Waals surface area (Å²) in [5.41, 5.74) is 4.10. The van der Waals surface area contributed by atoms with Crippen LogP contribution >= 0.6 is 11.3 Å². The molecule has 0 radical (unpaired) electrons. The Labute approximate surface area is 166 Å². The molecule has 0 aliphatic heterocycles. The maximum atomic E-state index is 12.8. The second kappa shape index (κ2) is 7.67. The van der Waals surface area contributed by atoms with E-state index in [0.29, 0.717) is 16.9 Å². The van der Waals surface area contributed by atoms with Crippen LogP contribution in [-0.2, 0) is 19.4 Å². The second-order valence-corrected chi connectivity index (χ2v) is 8.06. The minimum absolute atomic E-state index is 0.0463. The molecule has 0 N–H and O–H groups in total. The van der Waals surface area contributed by atoms with E-state index in [0.717, 1.165) is 35.9 Å².